The smallest absolute Gasteiger partial charge is 0.243 e. The van der Waals surface area contributed by atoms with E-state index >= 15 is 0 Å². The van der Waals surface area contributed by atoms with Crippen molar-refractivity contribution in [1.82, 2.24) is 10.6 Å². The maximum atomic E-state index is 13.0. The predicted molar refractivity (Wildman–Crippen MR) is 130 cm³/mol. The van der Waals surface area contributed by atoms with Gasteiger partial charge in [-0.05, 0) is 28.8 Å². The normalized spacial score (nSPS) is 12.3. The van der Waals surface area contributed by atoms with Gasteiger partial charge >= 0.3 is 0 Å². The van der Waals surface area contributed by atoms with Gasteiger partial charge in [0.2, 0.25) is 17.7 Å². The molecule has 3 amide bonds. The average Bonchev–Trinajstić information content (AvgIpc) is 2.83. The molecule has 0 radical (unpaired) electrons. The molecule has 3 aromatic rings. The maximum Gasteiger partial charge on any atom is 0.243 e. The Balaban J connectivity index is 1.66. The van der Waals surface area contributed by atoms with Crippen LogP contribution < -0.4 is 21.1 Å². The zero-order valence-corrected chi connectivity index (χ0v) is 19.1. The summed E-state index contributed by atoms with van der Waals surface area (Å²) < 4.78 is 5.85. The van der Waals surface area contributed by atoms with Crippen molar-refractivity contribution in [1.29, 1.82) is 0 Å². The number of carbonyl (C=O) groups excluding carboxylic acids is 3. The van der Waals surface area contributed by atoms with E-state index in [-0.39, 0.29) is 12.3 Å². The lowest BCUT2D eigenvalue weighted by Crippen LogP contribution is -2.54. The maximum absolute atomic E-state index is 13.0. The molecule has 0 unspecified atom stereocenters. The van der Waals surface area contributed by atoms with Crippen molar-refractivity contribution < 1.29 is 19.1 Å². The van der Waals surface area contributed by atoms with E-state index < -0.39 is 23.9 Å². The zero-order valence-electron chi connectivity index (χ0n) is 19.1. The summed E-state index contributed by atoms with van der Waals surface area (Å²) in [7, 11) is 0. The highest BCUT2D eigenvalue weighted by molar-refractivity contribution is 5.91. The molecule has 0 aliphatic rings. The number of hydrogen-bond donors (Lipinski definition) is 3. The summed E-state index contributed by atoms with van der Waals surface area (Å²) in [6.07, 6.45) is 0.488. The minimum atomic E-state index is -0.941. The highest BCUT2D eigenvalue weighted by Gasteiger charge is 2.25. The topological polar surface area (TPSA) is 111 Å². The van der Waals surface area contributed by atoms with Crippen LogP contribution in [0.15, 0.2) is 84.9 Å². The van der Waals surface area contributed by atoms with E-state index in [2.05, 4.69) is 10.6 Å². The molecule has 4 N–H and O–H groups in total. The lowest BCUT2D eigenvalue weighted by Gasteiger charge is -2.22. The molecule has 0 spiro atoms. The van der Waals surface area contributed by atoms with Gasteiger partial charge in [-0.2, -0.15) is 0 Å². The van der Waals surface area contributed by atoms with Crippen LogP contribution >= 0.6 is 0 Å². The van der Waals surface area contributed by atoms with E-state index in [1.165, 1.54) is 6.92 Å². The third-order valence-electron chi connectivity index (χ3n) is 5.22. The van der Waals surface area contributed by atoms with Crippen LogP contribution in [0.5, 0.6) is 5.75 Å². The van der Waals surface area contributed by atoms with Crippen molar-refractivity contribution in [3.05, 3.63) is 102 Å². The number of primary amides is 1. The van der Waals surface area contributed by atoms with Gasteiger partial charge in [-0.1, -0.05) is 72.8 Å². The number of hydrogen-bond acceptors (Lipinski definition) is 4. The first-order valence-corrected chi connectivity index (χ1v) is 11.1. The number of nitrogens with two attached hydrogens (primary N) is 1. The summed E-state index contributed by atoms with van der Waals surface area (Å²) in [5.41, 5.74) is 8.30. The van der Waals surface area contributed by atoms with Gasteiger partial charge in [-0.3, -0.25) is 14.4 Å². The van der Waals surface area contributed by atoms with Gasteiger partial charge in [0.15, 0.2) is 0 Å². The third kappa shape index (κ3) is 7.78. The van der Waals surface area contributed by atoms with Crippen molar-refractivity contribution in [3.63, 3.8) is 0 Å². The Morgan fingerprint density at radius 2 is 1.35 bits per heavy atom. The molecule has 3 aromatic carbocycles. The van der Waals surface area contributed by atoms with Crippen LogP contribution in [0.1, 0.15) is 23.6 Å². The molecule has 7 nitrogen and oxygen atoms in total. The molecule has 0 heterocycles. The molecule has 2 atom stereocenters. The Morgan fingerprint density at radius 3 is 1.97 bits per heavy atom. The van der Waals surface area contributed by atoms with Crippen molar-refractivity contribution in [2.45, 2.75) is 38.5 Å². The first kappa shape index (κ1) is 24.5. The second kappa shape index (κ2) is 12.2. The Kier molecular flexibility index (Phi) is 8.80. The summed E-state index contributed by atoms with van der Waals surface area (Å²) in [6.45, 7) is 1.76. The van der Waals surface area contributed by atoms with Crippen LogP contribution in [0.25, 0.3) is 0 Å². The first-order chi connectivity index (χ1) is 16.4. The molecule has 0 aliphatic carbocycles. The molecule has 7 heteroatoms. The lowest BCUT2D eigenvalue weighted by molar-refractivity contribution is -0.130. The van der Waals surface area contributed by atoms with E-state index in [1.807, 2.05) is 84.9 Å². The van der Waals surface area contributed by atoms with E-state index in [4.69, 9.17) is 10.5 Å². The summed E-state index contributed by atoms with van der Waals surface area (Å²) >= 11 is 0. The van der Waals surface area contributed by atoms with Gasteiger partial charge in [0, 0.05) is 19.8 Å². The summed E-state index contributed by atoms with van der Waals surface area (Å²) in [5, 5.41) is 5.35. The van der Waals surface area contributed by atoms with Gasteiger partial charge in [0.05, 0.1) is 0 Å². The molecule has 0 aliphatic heterocycles. The number of benzene rings is 3. The molecule has 0 saturated heterocycles. The summed E-state index contributed by atoms with van der Waals surface area (Å²) in [6, 6.07) is 24.7. The van der Waals surface area contributed by atoms with E-state index in [9.17, 15) is 14.4 Å². The standard InChI is InChI=1S/C27H29N3O4/c1-19(31)29-25(16-20-9-4-2-5-10-20)27(33)30-24(26(28)32)17-22-13-8-14-23(15-22)34-18-21-11-6-3-7-12-21/h2-15,24-25H,16-18H2,1H3,(H2,28,32)(H,29,31)(H,30,33)/t24-,25+/m1/s1. The molecule has 0 bridgehead atoms. The molecule has 0 aromatic heterocycles. The largest absolute Gasteiger partial charge is 0.489 e. The lowest BCUT2D eigenvalue weighted by atomic mass is 10.0. The quantitative estimate of drug-likeness (QED) is 0.409. The first-order valence-electron chi connectivity index (χ1n) is 11.1. The van der Waals surface area contributed by atoms with Crippen molar-refractivity contribution in [3.8, 4) is 5.75 Å². The fourth-order valence-corrected chi connectivity index (χ4v) is 3.54. The van der Waals surface area contributed by atoms with E-state index in [1.54, 1.807) is 0 Å². The molecular formula is C27H29N3O4. The minimum absolute atomic E-state index is 0.196. The second-order valence-electron chi connectivity index (χ2n) is 8.03. The van der Waals surface area contributed by atoms with Gasteiger partial charge in [0.1, 0.15) is 24.4 Å². The number of nitrogens with one attached hydrogen (secondary N) is 2. The van der Waals surface area contributed by atoms with Crippen LogP contribution in [0.4, 0.5) is 0 Å². The monoisotopic (exact) mass is 459 g/mol. The predicted octanol–water partition coefficient (Wildman–Crippen LogP) is 2.53. The van der Waals surface area contributed by atoms with E-state index in [0.29, 0.717) is 18.8 Å². The highest BCUT2D eigenvalue weighted by atomic mass is 16.5. The molecule has 0 fully saturated rings. The van der Waals surface area contributed by atoms with Crippen LogP contribution in [-0.2, 0) is 33.8 Å². The van der Waals surface area contributed by atoms with Gasteiger partial charge < -0.3 is 21.1 Å². The third-order valence-corrected chi connectivity index (χ3v) is 5.22. The summed E-state index contributed by atoms with van der Waals surface area (Å²) in [5.74, 6) is -0.823. The van der Waals surface area contributed by atoms with Crippen LogP contribution in [-0.4, -0.2) is 29.8 Å². The van der Waals surface area contributed by atoms with Crippen molar-refractivity contribution >= 4 is 17.7 Å². The molecule has 0 saturated carbocycles. The van der Waals surface area contributed by atoms with Crippen molar-refractivity contribution in [2.75, 3.05) is 0 Å². The minimum Gasteiger partial charge on any atom is -0.489 e. The summed E-state index contributed by atoms with van der Waals surface area (Å²) in [4.78, 5) is 36.7. The number of carbonyl (C=O) groups is 3. The Bertz CT molecular complexity index is 1100. The number of ether oxygens (including phenoxy) is 1. The molecular weight excluding hydrogens is 430 g/mol. The van der Waals surface area contributed by atoms with E-state index in [0.717, 1.165) is 16.7 Å². The zero-order chi connectivity index (χ0) is 24.3. The molecule has 34 heavy (non-hydrogen) atoms. The fourth-order valence-electron chi connectivity index (χ4n) is 3.54. The second-order valence-corrected chi connectivity index (χ2v) is 8.03. The molecule has 3 rings (SSSR count). The number of amides is 3. The average molecular weight is 460 g/mol. The fraction of sp³-hybridized carbons (Fsp3) is 0.222. The van der Waals surface area contributed by atoms with Crippen molar-refractivity contribution in [2.24, 2.45) is 5.73 Å². The van der Waals surface area contributed by atoms with Gasteiger partial charge in [-0.25, -0.2) is 0 Å². The Hall–Kier alpha value is -4.13. The Morgan fingerprint density at radius 1 is 0.765 bits per heavy atom. The Labute approximate surface area is 199 Å². The highest BCUT2D eigenvalue weighted by Crippen LogP contribution is 2.17. The van der Waals surface area contributed by atoms with Crippen LogP contribution in [0.3, 0.4) is 0 Å². The molecule has 176 valence electrons. The van der Waals surface area contributed by atoms with Gasteiger partial charge in [-0.15, -0.1) is 0 Å². The van der Waals surface area contributed by atoms with Gasteiger partial charge in [0.25, 0.3) is 0 Å². The van der Waals surface area contributed by atoms with Crippen LogP contribution in [0.2, 0.25) is 0 Å². The van der Waals surface area contributed by atoms with Crippen LogP contribution in [0, 0.1) is 0 Å². The SMILES string of the molecule is CC(=O)N[C@@H](Cc1ccccc1)C(=O)N[C@H](Cc1cccc(OCc2ccccc2)c1)C(N)=O. The number of rotatable bonds is 11.